The van der Waals surface area contributed by atoms with Gasteiger partial charge in [0.25, 0.3) is 0 Å². The van der Waals surface area contributed by atoms with Crippen LogP contribution in [0.2, 0.25) is 0 Å². The number of rotatable bonds is 3. The third kappa shape index (κ3) is 2.21. The molecule has 0 amide bonds. The molecule has 0 spiro atoms. The normalized spacial score (nSPS) is 19.1. The monoisotopic (exact) mass is 207 g/mol. The van der Waals surface area contributed by atoms with Gasteiger partial charge in [-0.3, -0.25) is 0 Å². The van der Waals surface area contributed by atoms with Crippen LogP contribution in [-0.2, 0) is 0 Å². The van der Waals surface area contributed by atoms with E-state index in [0.29, 0.717) is 0 Å². The van der Waals surface area contributed by atoms with Gasteiger partial charge >= 0.3 is 0 Å². The van der Waals surface area contributed by atoms with Crippen molar-refractivity contribution in [2.75, 3.05) is 0 Å². The van der Waals surface area contributed by atoms with Crippen LogP contribution in [0, 0.1) is 10.7 Å². The first-order valence-corrected chi connectivity index (χ1v) is 4.76. The topological polar surface area (TPSA) is 38.7 Å². The second-order valence-corrected chi connectivity index (χ2v) is 3.37. The molecule has 0 heterocycles. The van der Waals surface area contributed by atoms with E-state index in [1.165, 1.54) is 18.2 Å². The summed E-state index contributed by atoms with van der Waals surface area (Å²) in [6, 6.07) is 3.69. The molecule has 2 rings (SSSR count). The minimum absolute atomic E-state index is 0.0766. The van der Waals surface area contributed by atoms with Gasteiger partial charge in [0.15, 0.2) is 5.75 Å². The highest BCUT2D eigenvalue weighted by Crippen LogP contribution is 2.30. The highest BCUT2D eigenvalue weighted by atomic mass is 19.1. The van der Waals surface area contributed by atoms with Crippen LogP contribution in [0.3, 0.4) is 0 Å². The maximum atomic E-state index is 12.9. The molecule has 0 saturated heterocycles. The summed E-state index contributed by atoms with van der Waals surface area (Å²) in [5.41, 5.74) is 0.136. The molecule has 1 aromatic rings. The Hall–Kier alpha value is -1.71. The van der Waals surface area contributed by atoms with Crippen LogP contribution >= 0.6 is 0 Å². The summed E-state index contributed by atoms with van der Waals surface area (Å²) in [5.74, 6) is -0.221. The molecular formula is C11H10FNO2. The minimum atomic E-state index is -0.431. The van der Waals surface area contributed by atoms with Gasteiger partial charge in [-0.05, 0) is 36.2 Å². The Morgan fingerprint density at radius 3 is 3.00 bits per heavy atom. The van der Waals surface area contributed by atoms with E-state index in [9.17, 15) is 9.30 Å². The Bertz CT molecular complexity index is 404. The van der Waals surface area contributed by atoms with E-state index in [1.807, 2.05) is 12.2 Å². The van der Waals surface area contributed by atoms with E-state index < -0.39 is 5.82 Å². The van der Waals surface area contributed by atoms with Gasteiger partial charge in [0.2, 0.25) is 0 Å². The molecule has 1 unspecified atom stereocenters. The summed E-state index contributed by atoms with van der Waals surface area (Å²) in [6.45, 7) is 0. The van der Waals surface area contributed by atoms with E-state index in [2.05, 4.69) is 5.18 Å². The predicted octanol–water partition coefficient (Wildman–Crippen LogP) is 3.32. The third-order valence-corrected chi connectivity index (χ3v) is 2.27. The van der Waals surface area contributed by atoms with Crippen LogP contribution in [0.5, 0.6) is 5.75 Å². The number of allylic oxidation sites excluding steroid dienone is 1. The summed E-state index contributed by atoms with van der Waals surface area (Å²) in [4.78, 5) is 10.4. The number of hydrogen-bond acceptors (Lipinski definition) is 3. The molecule has 0 aliphatic heterocycles. The fraction of sp³-hybridized carbons (Fsp3) is 0.273. The first kappa shape index (κ1) is 9.83. The van der Waals surface area contributed by atoms with Crippen molar-refractivity contribution >= 4 is 5.69 Å². The molecule has 4 heteroatoms. The summed E-state index contributed by atoms with van der Waals surface area (Å²) in [6.07, 6.45) is 5.63. The number of nitroso groups, excluding NO2 is 1. The van der Waals surface area contributed by atoms with Crippen LogP contribution in [0.15, 0.2) is 35.5 Å². The fourth-order valence-corrected chi connectivity index (χ4v) is 1.52. The molecule has 1 aromatic carbocycles. The fourth-order valence-electron chi connectivity index (χ4n) is 1.52. The van der Waals surface area contributed by atoms with E-state index in [4.69, 9.17) is 4.74 Å². The maximum Gasteiger partial charge on any atom is 0.152 e. The van der Waals surface area contributed by atoms with Crippen molar-refractivity contribution in [3.8, 4) is 5.75 Å². The van der Waals surface area contributed by atoms with Crippen molar-refractivity contribution in [3.63, 3.8) is 0 Å². The van der Waals surface area contributed by atoms with Crippen molar-refractivity contribution in [1.29, 1.82) is 0 Å². The zero-order valence-corrected chi connectivity index (χ0v) is 8.02. The average molecular weight is 207 g/mol. The molecule has 0 saturated carbocycles. The lowest BCUT2D eigenvalue weighted by Gasteiger charge is -2.12. The molecular weight excluding hydrogens is 197 g/mol. The zero-order chi connectivity index (χ0) is 10.7. The molecule has 1 aliphatic carbocycles. The van der Waals surface area contributed by atoms with Crippen LogP contribution in [0.4, 0.5) is 10.1 Å². The smallest absolute Gasteiger partial charge is 0.152 e. The van der Waals surface area contributed by atoms with Crippen molar-refractivity contribution in [1.82, 2.24) is 0 Å². The summed E-state index contributed by atoms with van der Waals surface area (Å²) < 4.78 is 18.4. The van der Waals surface area contributed by atoms with Crippen LogP contribution in [0.25, 0.3) is 0 Å². The highest BCUT2D eigenvalue weighted by Gasteiger charge is 2.14. The van der Waals surface area contributed by atoms with Crippen molar-refractivity contribution in [2.24, 2.45) is 5.18 Å². The number of benzene rings is 1. The molecule has 0 N–H and O–H groups in total. The van der Waals surface area contributed by atoms with Gasteiger partial charge in [0.1, 0.15) is 17.6 Å². The lowest BCUT2D eigenvalue weighted by atomic mass is 10.2. The first-order chi connectivity index (χ1) is 7.29. The lowest BCUT2D eigenvalue weighted by Crippen LogP contribution is -2.09. The van der Waals surface area contributed by atoms with Crippen LogP contribution in [-0.4, -0.2) is 6.10 Å². The summed E-state index contributed by atoms with van der Waals surface area (Å²) in [7, 11) is 0. The molecule has 1 aliphatic rings. The van der Waals surface area contributed by atoms with Crippen molar-refractivity contribution < 1.29 is 9.13 Å². The van der Waals surface area contributed by atoms with Crippen molar-refractivity contribution in [3.05, 3.63) is 41.1 Å². The van der Waals surface area contributed by atoms with Crippen LogP contribution < -0.4 is 4.74 Å². The minimum Gasteiger partial charge on any atom is -0.484 e. The van der Waals surface area contributed by atoms with E-state index in [1.54, 1.807) is 0 Å². The molecule has 0 aromatic heterocycles. The van der Waals surface area contributed by atoms with Gasteiger partial charge in [0.05, 0.1) is 0 Å². The Kier molecular flexibility index (Phi) is 2.76. The van der Waals surface area contributed by atoms with Crippen molar-refractivity contribution in [2.45, 2.75) is 18.9 Å². The largest absolute Gasteiger partial charge is 0.484 e. The van der Waals surface area contributed by atoms with Gasteiger partial charge in [0, 0.05) is 6.07 Å². The van der Waals surface area contributed by atoms with E-state index in [-0.39, 0.29) is 17.5 Å². The molecule has 3 nitrogen and oxygen atoms in total. The third-order valence-electron chi connectivity index (χ3n) is 2.27. The first-order valence-electron chi connectivity index (χ1n) is 4.76. The molecule has 0 fully saturated rings. The number of hydrogen-bond donors (Lipinski definition) is 0. The second kappa shape index (κ2) is 4.21. The average Bonchev–Trinajstić information content (AvgIpc) is 2.71. The standard InChI is InChI=1S/C11H10FNO2/c12-8-5-6-10(13-14)11(7-8)15-9-3-1-2-4-9/h1,3,5-7,9H,2,4H2. The highest BCUT2D eigenvalue weighted by molar-refractivity contribution is 5.51. The molecule has 0 radical (unpaired) electrons. The van der Waals surface area contributed by atoms with E-state index in [0.717, 1.165) is 12.8 Å². The summed E-state index contributed by atoms with van der Waals surface area (Å²) >= 11 is 0. The van der Waals surface area contributed by atoms with Gasteiger partial charge in [-0.15, -0.1) is 4.91 Å². The molecule has 1 atom stereocenters. The second-order valence-electron chi connectivity index (χ2n) is 3.37. The van der Waals surface area contributed by atoms with Crippen LogP contribution in [0.1, 0.15) is 12.8 Å². The SMILES string of the molecule is O=Nc1ccc(F)cc1OC1C=CCC1. The zero-order valence-electron chi connectivity index (χ0n) is 8.02. The quantitative estimate of drug-likeness (QED) is 0.563. The Morgan fingerprint density at radius 1 is 1.47 bits per heavy atom. The van der Waals surface area contributed by atoms with Gasteiger partial charge in [-0.2, -0.15) is 0 Å². The Morgan fingerprint density at radius 2 is 2.33 bits per heavy atom. The van der Waals surface area contributed by atoms with Gasteiger partial charge in [-0.1, -0.05) is 6.08 Å². The Labute approximate surface area is 86.5 Å². The number of nitrogens with zero attached hydrogens (tertiary/aromatic N) is 1. The predicted molar refractivity (Wildman–Crippen MR) is 54.6 cm³/mol. The Balaban J connectivity index is 2.21. The molecule has 15 heavy (non-hydrogen) atoms. The maximum absolute atomic E-state index is 12.9. The lowest BCUT2D eigenvalue weighted by molar-refractivity contribution is 0.249. The number of halogens is 1. The van der Waals surface area contributed by atoms with E-state index >= 15 is 0 Å². The summed E-state index contributed by atoms with van der Waals surface area (Å²) in [5, 5.41) is 2.79. The molecule has 0 bridgehead atoms. The van der Waals surface area contributed by atoms with Gasteiger partial charge < -0.3 is 4.74 Å². The number of ether oxygens (including phenoxy) is 1. The van der Waals surface area contributed by atoms with Gasteiger partial charge in [-0.25, -0.2) is 4.39 Å². The molecule has 78 valence electrons.